The number of thioether (sulfide) groups is 1. The van der Waals surface area contributed by atoms with Crippen LogP contribution in [0.1, 0.15) is 32.6 Å². The predicted octanol–water partition coefficient (Wildman–Crippen LogP) is 2.26. The van der Waals surface area contributed by atoms with Crippen molar-refractivity contribution in [3.63, 3.8) is 0 Å². The molecule has 0 radical (unpaired) electrons. The molecule has 1 N–H and O–H groups in total. The van der Waals surface area contributed by atoms with Gasteiger partial charge in [-0.3, -0.25) is 4.99 Å². The molecule has 0 aromatic carbocycles. The highest BCUT2D eigenvalue weighted by atomic mass is 32.2. The molecule has 0 aromatic heterocycles. The molecule has 2 nitrogen and oxygen atoms in total. The van der Waals surface area contributed by atoms with Crippen molar-refractivity contribution in [2.75, 3.05) is 12.3 Å². The van der Waals surface area contributed by atoms with E-state index in [0.717, 1.165) is 12.5 Å². The van der Waals surface area contributed by atoms with E-state index in [2.05, 4.69) is 17.2 Å². The fraction of sp³-hybridized carbons (Fsp3) is 0.900. The first-order chi connectivity index (χ1) is 6.34. The van der Waals surface area contributed by atoms with Crippen LogP contribution in [0.15, 0.2) is 4.99 Å². The molecule has 1 aliphatic heterocycles. The lowest BCUT2D eigenvalue weighted by atomic mass is 9.83. The fourth-order valence-corrected chi connectivity index (χ4v) is 2.68. The smallest absolute Gasteiger partial charge is 0.156 e. The molecule has 1 heterocycles. The summed E-state index contributed by atoms with van der Waals surface area (Å²) in [6.45, 7) is 3.24. The Morgan fingerprint density at radius 2 is 2.38 bits per heavy atom. The summed E-state index contributed by atoms with van der Waals surface area (Å²) in [5.41, 5.74) is 0. The van der Waals surface area contributed by atoms with Gasteiger partial charge in [-0.2, -0.15) is 0 Å². The number of nitrogens with zero attached hydrogens (tertiary/aromatic N) is 1. The summed E-state index contributed by atoms with van der Waals surface area (Å²) >= 11 is 1.87. The molecule has 0 aromatic rings. The molecule has 2 aliphatic rings. The van der Waals surface area contributed by atoms with Crippen molar-refractivity contribution in [3.05, 3.63) is 0 Å². The van der Waals surface area contributed by atoms with Gasteiger partial charge in [0.1, 0.15) is 0 Å². The molecule has 2 rings (SSSR count). The van der Waals surface area contributed by atoms with E-state index in [9.17, 15) is 0 Å². The molecule has 0 spiro atoms. The van der Waals surface area contributed by atoms with Gasteiger partial charge in [0.05, 0.1) is 0 Å². The Hall–Kier alpha value is -0.180. The summed E-state index contributed by atoms with van der Waals surface area (Å²) in [6, 6.07) is 0.618. The van der Waals surface area contributed by atoms with E-state index in [1.807, 2.05) is 11.8 Å². The second-order valence-corrected chi connectivity index (χ2v) is 5.14. The zero-order valence-electron chi connectivity index (χ0n) is 8.25. The average Bonchev–Trinajstić information content (AvgIpc) is 2.42. The van der Waals surface area contributed by atoms with Crippen LogP contribution >= 0.6 is 11.8 Å². The number of hydrogen-bond acceptors (Lipinski definition) is 2. The summed E-state index contributed by atoms with van der Waals surface area (Å²) < 4.78 is 0. The van der Waals surface area contributed by atoms with Crippen molar-refractivity contribution in [3.8, 4) is 0 Å². The molecule has 2 fully saturated rings. The van der Waals surface area contributed by atoms with Crippen LogP contribution in [0.25, 0.3) is 0 Å². The van der Waals surface area contributed by atoms with Crippen LogP contribution in [0.4, 0.5) is 0 Å². The summed E-state index contributed by atoms with van der Waals surface area (Å²) in [5.74, 6) is 2.18. The van der Waals surface area contributed by atoms with Crippen LogP contribution in [0.2, 0.25) is 0 Å². The third-order valence-corrected chi connectivity index (χ3v) is 4.04. The molecule has 1 unspecified atom stereocenters. The third kappa shape index (κ3) is 2.63. The SMILES string of the molecule is CC1CSC(=NCCC2CCC2)N1. The van der Waals surface area contributed by atoms with Gasteiger partial charge in [0.15, 0.2) is 5.17 Å². The highest BCUT2D eigenvalue weighted by molar-refractivity contribution is 8.14. The lowest BCUT2D eigenvalue weighted by molar-refractivity contribution is 0.300. The standard InChI is InChI=1S/C10H18N2S/c1-8-7-13-10(12-8)11-6-5-9-3-2-4-9/h8-9H,2-7H2,1H3,(H,11,12). The number of rotatable bonds is 3. The molecular formula is C10H18N2S. The summed E-state index contributed by atoms with van der Waals surface area (Å²) in [7, 11) is 0. The van der Waals surface area contributed by atoms with Crippen LogP contribution in [-0.2, 0) is 0 Å². The van der Waals surface area contributed by atoms with Gasteiger partial charge >= 0.3 is 0 Å². The van der Waals surface area contributed by atoms with Crippen molar-refractivity contribution in [2.45, 2.75) is 38.6 Å². The maximum atomic E-state index is 4.56. The lowest BCUT2D eigenvalue weighted by Crippen LogP contribution is -2.23. The topological polar surface area (TPSA) is 24.4 Å². The van der Waals surface area contributed by atoms with Crippen molar-refractivity contribution < 1.29 is 0 Å². The zero-order valence-corrected chi connectivity index (χ0v) is 9.07. The van der Waals surface area contributed by atoms with E-state index < -0.39 is 0 Å². The van der Waals surface area contributed by atoms with Crippen molar-refractivity contribution >= 4 is 16.9 Å². The molecule has 0 bridgehead atoms. The third-order valence-electron chi connectivity index (χ3n) is 2.86. The van der Waals surface area contributed by atoms with Crippen LogP contribution < -0.4 is 5.32 Å². The number of amidine groups is 1. The first kappa shape index (κ1) is 9.38. The highest BCUT2D eigenvalue weighted by Crippen LogP contribution is 2.29. The predicted molar refractivity (Wildman–Crippen MR) is 59.3 cm³/mol. The van der Waals surface area contributed by atoms with Gasteiger partial charge in [0.2, 0.25) is 0 Å². The first-order valence-electron chi connectivity index (χ1n) is 5.28. The van der Waals surface area contributed by atoms with Crippen LogP contribution in [-0.4, -0.2) is 23.5 Å². The highest BCUT2D eigenvalue weighted by Gasteiger charge is 2.18. The van der Waals surface area contributed by atoms with Crippen molar-refractivity contribution in [1.82, 2.24) is 5.32 Å². The summed E-state index contributed by atoms with van der Waals surface area (Å²) in [6.07, 6.45) is 5.65. The van der Waals surface area contributed by atoms with E-state index in [0.29, 0.717) is 6.04 Å². The average molecular weight is 198 g/mol. The minimum absolute atomic E-state index is 0.618. The Kier molecular flexibility index (Phi) is 3.14. The van der Waals surface area contributed by atoms with E-state index >= 15 is 0 Å². The van der Waals surface area contributed by atoms with Crippen molar-refractivity contribution in [2.24, 2.45) is 10.9 Å². The Morgan fingerprint density at radius 3 is 2.92 bits per heavy atom. The number of aliphatic imine (C=N–C) groups is 1. The molecule has 13 heavy (non-hydrogen) atoms. The molecule has 1 aliphatic carbocycles. The van der Waals surface area contributed by atoms with Gasteiger partial charge in [0, 0.05) is 18.3 Å². The fourth-order valence-electron chi connectivity index (χ4n) is 1.72. The van der Waals surface area contributed by atoms with Crippen LogP contribution in [0, 0.1) is 5.92 Å². The maximum Gasteiger partial charge on any atom is 0.156 e. The van der Waals surface area contributed by atoms with Crippen molar-refractivity contribution in [1.29, 1.82) is 0 Å². The molecule has 1 saturated carbocycles. The lowest BCUT2D eigenvalue weighted by Gasteiger charge is -2.24. The molecule has 1 atom stereocenters. The largest absolute Gasteiger partial charge is 0.362 e. The normalized spacial score (nSPS) is 31.8. The van der Waals surface area contributed by atoms with Gasteiger partial charge in [-0.25, -0.2) is 0 Å². The Balaban J connectivity index is 1.65. The van der Waals surface area contributed by atoms with Gasteiger partial charge < -0.3 is 5.32 Å². The molecule has 74 valence electrons. The quantitative estimate of drug-likeness (QED) is 0.752. The summed E-state index contributed by atoms with van der Waals surface area (Å²) in [4.78, 5) is 4.56. The number of nitrogens with one attached hydrogen (secondary N) is 1. The number of hydrogen-bond donors (Lipinski definition) is 1. The first-order valence-corrected chi connectivity index (χ1v) is 6.27. The molecule has 1 saturated heterocycles. The van der Waals surface area contributed by atoms with Crippen LogP contribution in [0.3, 0.4) is 0 Å². The van der Waals surface area contributed by atoms with E-state index in [1.165, 1.54) is 36.6 Å². The summed E-state index contributed by atoms with van der Waals surface area (Å²) in [5, 5.41) is 4.55. The maximum absolute atomic E-state index is 4.56. The monoisotopic (exact) mass is 198 g/mol. The second-order valence-electron chi connectivity index (χ2n) is 4.13. The Bertz CT molecular complexity index is 199. The molecule has 0 amide bonds. The van der Waals surface area contributed by atoms with Gasteiger partial charge in [-0.15, -0.1) is 0 Å². The van der Waals surface area contributed by atoms with E-state index in [-0.39, 0.29) is 0 Å². The minimum Gasteiger partial charge on any atom is -0.362 e. The zero-order chi connectivity index (χ0) is 9.10. The van der Waals surface area contributed by atoms with E-state index in [1.54, 1.807) is 0 Å². The second kappa shape index (κ2) is 4.36. The van der Waals surface area contributed by atoms with Crippen LogP contribution in [0.5, 0.6) is 0 Å². The van der Waals surface area contributed by atoms with Gasteiger partial charge in [0.25, 0.3) is 0 Å². The van der Waals surface area contributed by atoms with Gasteiger partial charge in [-0.05, 0) is 19.3 Å². The van der Waals surface area contributed by atoms with Gasteiger partial charge in [-0.1, -0.05) is 31.0 Å². The van der Waals surface area contributed by atoms with E-state index in [4.69, 9.17) is 0 Å². The Labute approximate surface area is 84.6 Å². The molecular weight excluding hydrogens is 180 g/mol. The molecule has 3 heteroatoms. The Morgan fingerprint density at radius 1 is 1.54 bits per heavy atom. The minimum atomic E-state index is 0.618.